The van der Waals surface area contributed by atoms with E-state index in [9.17, 15) is 0 Å². The predicted molar refractivity (Wildman–Crippen MR) is 81.7 cm³/mol. The van der Waals surface area contributed by atoms with Gasteiger partial charge in [-0.25, -0.2) is 0 Å². The van der Waals surface area contributed by atoms with Crippen LogP contribution in [0.2, 0.25) is 0 Å². The molecule has 0 radical (unpaired) electrons. The monoisotopic (exact) mass is 253 g/mol. The Morgan fingerprint density at radius 2 is 1.61 bits per heavy atom. The molecule has 2 N–H and O–H groups in total. The van der Waals surface area contributed by atoms with Crippen LogP contribution in [0.3, 0.4) is 0 Å². The molecule has 1 fully saturated rings. The van der Waals surface area contributed by atoms with E-state index >= 15 is 0 Å². The highest BCUT2D eigenvalue weighted by Crippen LogP contribution is 2.49. The summed E-state index contributed by atoms with van der Waals surface area (Å²) in [4.78, 5) is 0. The van der Waals surface area contributed by atoms with Crippen LogP contribution in [0.15, 0.2) is 0 Å². The molecule has 0 spiro atoms. The van der Waals surface area contributed by atoms with Gasteiger partial charge in [-0.1, -0.05) is 66.2 Å². The molecule has 0 aromatic carbocycles. The Kier molecular flexibility index (Phi) is 6.17. The van der Waals surface area contributed by atoms with Crippen LogP contribution in [-0.2, 0) is 0 Å². The van der Waals surface area contributed by atoms with E-state index in [1.165, 1.54) is 64.2 Å². The summed E-state index contributed by atoms with van der Waals surface area (Å²) in [6.07, 6.45) is 13.4. The van der Waals surface area contributed by atoms with E-state index in [0.29, 0.717) is 16.9 Å². The van der Waals surface area contributed by atoms with Crippen LogP contribution in [0.4, 0.5) is 0 Å². The molecule has 0 bridgehead atoms. The Morgan fingerprint density at radius 3 is 2.28 bits per heavy atom. The third kappa shape index (κ3) is 4.26. The molecule has 1 saturated carbocycles. The first-order chi connectivity index (χ1) is 8.41. The molecule has 1 rings (SSSR count). The summed E-state index contributed by atoms with van der Waals surface area (Å²) in [5.74, 6) is 0. The summed E-state index contributed by atoms with van der Waals surface area (Å²) in [5, 5.41) is 0. The van der Waals surface area contributed by atoms with Crippen LogP contribution in [-0.4, -0.2) is 6.04 Å². The summed E-state index contributed by atoms with van der Waals surface area (Å²) in [7, 11) is 0. The van der Waals surface area contributed by atoms with Crippen molar-refractivity contribution >= 4 is 0 Å². The van der Waals surface area contributed by atoms with E-state index in [2.05, 4.69) is 27.7 Å². The van der Waals surface area contributed by atoms with Crippen LogP contribution in [0.25, 0.3) is 0 Å². The van der Waals surface area contributed by atoms with Crippen molar-refractivity contribution < 1.29 is 0 Å². The van der Waals surface area contributed by atoms with Crippen molar-refractivity contribution in [2.24, 2.45) is 16.6 Å². The van der Waals surface area contributed by atoms with E-state index < -0.39 is 0 Å². The van der Waals surface area contributed by atoms with Crippen molar-refractivity contribution in [3.8, 4) is 0 Å². The molecule has 2 atom stereocenters. The molecule has 0 amide bonds. The lowest BCUT2D eigenvalue weighted by Gasteiger charge is -2.45. The highest BCUT2D eigenvalue weighted by atomic mass is 14.6. The molecule has 0 aromatic rings. The fraction of sp³-hybridized carbons (Fsp3) is 1.00. The van der Waals surface area contributed by atoms with Crippen LogP contribution in [0.5, 0.6) is 0 Å². The minimum Gasteiger partial charge on any atom is -0.328 e. The Hall–Kier alpha value is -0.0400. The fourth-order valence-corrected chi connectivity index (χ4v) is 3.33. The lowest BCUT2D eigenvalue weighted by molar-refractivity contribution is 0.0553. The van der Waals surface area contributed by atoms with Crippen molar-refractivity contribution in [2.75, 3.05) is 0 Å². The largest absolute Gasteiger partial charge is 0.328 e. The van der Waals surface area contributed by atoms with Crippen molar-refractivity contribution in [2.45, 2.75) is 97.9 Å². The van der Waals surface area contributed by atoms with Gasteiger partial charge in [-0.15, -0.1) is 0 Å². The highest BCUT2D eigenvalue weighted by Gasteiger charge is 2.38. The maximum Gasteiger partial charge on any atom is 0.00390 e. The summed E-state index contributed by atoms with van der Waals surface area (Å²) >= 11 is 0. The maximum absolute atomic E-state index is 6.28. The average Bonchev–Trinajstić information content (AvgIpc) is 2.37. The third-order valence-corrected chi connectivity index (χ3v) is 5.89. The van der Waals surface area contributed by atoms with Crippen LogP contribution < -0.4 is 5.73 Å². The standard InChI is InChI=1S/C17H35N/c1-5-16(2,3)17(4)13-10-8-6-7-9-11-15(18)12-14-17/h15H,5-14,18H2,1-4H3. The van der Waals surface area contributed by atoms with Crippen molar-refractivity contribution in [1.82, 2.24) is 0 Å². The summed E-state index contributed by atoms with van der Waals surface area (Å²) in [5.41, 5.74) is 7.20. The lowest BCUT2D eigenvalue weighted by atomic mass is 9.60. The normalized spacial score (nSPS) is 32.8. The molecular formula is C17H35N. The average molecular weight is 253 g/mol. The van der Waals surface area contributed by atoms with Gasteiger partial charge < -0.3 is 5.73 Å². The van der Waals surface area contributed by atoms with Crippen molar-refractivity contribution in [3.63, 3.8) is 0 Å². The predicted octanol–water partition coefficient (Wildman–Crippen LogP) is 5.28. The second kappa shape index (κ2) is 6.93. The van der Waals surface area contributed by atoms with Gasteiger partial charge in [0.1, 0.15) is 0 Å². The molecule has 1 aliphatic carbocycles. The Morgan fingerprint density at radius 1 is 1.00 bits per heavy atom. The summed E-state index contributed by atoms with van der Waals surface area (Å²) in [6, 6.07) is 0.440. The molecule has 0 aliphatic heterocycles. The molecule has 1 nitrogen and oxygen atoms in total. The van der Waals surface area contributed by atoms with E-state index in [4.69, 9.17) is 5.73 Å². The zero-order valence-electron chi connectivity index (χ0n) is 13.2. The number of rotatable bonds is 2. The number of hydrogen-bond acceptors (Lipinski definition) is 1. The van der Waals surface area contributed by atoms with Gasteiger partial charge >= 0.3 is 0 Å². The smallest absolute Gasteiger partial charge is 0.00390 e. The molecule has 0 saturated heterocycles. The summed E-state index contributed by atoms with van der Waals surface area (Å²) in [6.45, 7) is 9.77. The maximum atomic E-state index is 6.28. The summed E-state index contributed by atoms with van der Waals surface area (Å²) < 4.78 is 0. The van der Waals surface area contributed by atoms with Crippen LogP contribution in [0, 0.1) is 10.8 Å². The Labute approximate surface area is 115 Å². The first kappa shape index (κ1) is 16.0. The lowest BCUT2D eigenvalue weighted by Crippen LogP contribution is -2.36. The molecular weight excluding hydrogens is 218 g/mol. The van der Waals surface area contributed by atoms with Gasteiger partial charge in [-0.05, 0) is 36.5 Å². The quantitative estimate of drug-likeness (QED) is 0.712. The topological polar surface area (TPSA) is 26.0 Å². The van der Waals surface area contributed by atoms with Crippen molar-refractivity contribution in [3.05, 3.63) is 0 Å². The second-order valence-electron chi connectivity index (χ2n) is 7.40. The minimum absolute atomic E-state index is 0.440. The minimum atomic E-state index is 0.440. The van der Waals surface area contributed by atoms with Gasteiger partial charge in [-0.3, -0.25) is 0 Å². The zero-order chi connectivity index (χ0) is 13.6. The van der Waals surface area contributed by atoms with Gasteiger partial charge in [0.15, 0.2) is 0 Å². The Bertz CT molecular complexity index is 234. The third-order valence-electron chi connectivity index (χ3n) is 5.89. The van der Waals surface area contributed by atoms with Crippen LogP contribution >= 0.6 is 0 Å². The zero-order valence-corrected chi connectivity index (χ0v) is 13.2. The van der Waals surface area contributed by atoms with E-state index in [1.807, 2.05) is 0 Å². The van der Waals surface area contributed by atoms with E-state index in [0.717, 1.165) is 0 Å². The highest BCUT2D eigenvalue weighted by molar-refractivity contribution is 4.89. The molecule has 0 aromatic heterocycles. The SMILES string of the molecule is CCC(C)(C)C1(C)CCCCCCCC(N)CC1. The first-order valence-electron chi connectivity index (χ1n) is 8.17. The number of hydrogen-bond donors (Lipinski definition) is 1. The second-order valence-corrected chi connectivity index (χ2v) is 7.40. The van der Waals surface area contributed by atoms with Gasteiger partial charge in [0.2, 0.25) is 0 Å². The van der Waals surface area contributed by atoms with Gasteiger partial charge in [-0.2, -0.15) is 0 Å². The first-order valence-corrected chi connectivity index (χ1v) is 8.17. The van der Waals surface area contributed by atoms with Crippen LogP contribution in [0.1, 0.15) is 91.9 Å². The Balaban J connectivity index is 2.72. The molecule has 108 valence electrons. The number of nitrogens with two attached hydrogens (primary N) is 1. The molecule has 2 unspecified atom stereocenters. The van der Waals surface area contributed by atoms with Gasteiger partial charge in [0, 0.05) is 6.04 Å². The van der Waals surface area contributed by atoms with E-state index in [-0.39, 0.29) is 0 Å². The van der Waals surface area contributed by atoms with Gasteiger partial charge in [0.05, 0.1) is 0 Å². The molecule has 18 heavy (non-hydrogen) atoms. The van der Waals surface area contributed by atoms with E-state index in [1.54, 1.807) is 0 Å². The fourth-order valence-electron chi connectivity index (χ4n) is 3.33. The molecule has 0 heterocycles. The molecule has 1 aliphatic rings. The van der Waals surface area contributed by atoms with Crippen molar-refractivity contribution in [1.29, 1.82) is 0 Å². The van der Waals surface area contributed by atoms with Gasteiger partial charge in [0.25, 0.3) is 0 Å². The molecule has 1 heteroatoms.